The summed E-state index contributed by atoms with van der Waals surface area (Å²) >= 11 is 0. The number of benzene rings is 3. The van der Waals surface area contributed by atoms with Crippen LogP contribution in [0.2, 0.25) is 0 Å². The van der Waals surface area contributed by atoms with Crippen LogP contribution in [0.3, 0.4) is 0 Å². The first kappa shape index (κ1) is 24.7. The summed E-state index contributed by atoms with van der Waals surface area (Å²) in [5.41, 5.74) is 2.19. The molecule has 0 saturated heterocycles. The van der Waals surface area contributed by atoms with Crippen LogP contribution in [0.25, 0.3) is 5.69 Å². The number of alkyl halides is 3. The number of aliphatic hydroxyl groups is 1. The molecule has 3 aromatic carbocycles. The van der Waals surface area contributed by atoms with E-state index in [-0.39, 0.29) is 22.6 Å². The molecule has 0 aliphatic carbocycles. The Kier molecular flexibility index (Phi) is 6.64. The van der Waals surface area contributed by atoms with E-state index in [9.17, 15) is 23.1 Å². The molecule has 6 nitrogen and oxygen atoms in total. The predicted octanol–water partition coefficient (Wildman–Crippen LogP) is 5.71. The van der Waals surface area contributed by atoms with Crippen molar-refractivity contribution >= 4 is 11.6 Å². The first-order valence-electron chi connectivity index (χ1n) is 10.9. The number of carbonyl (C=O) groups is 1. The number of aromatic nitrogens is 2. The number of nitrogens with one attached hydrogen (secondary N) is 1. The number of nitrogens with zero attached hydrogens (tertiary/aromatic N) is 3. The van der Waals surface area contributed by atoms with Crippen molar-refractivity contribution in [3.8, 4) is 11.8 Å². The number of hydrogen-bond donors (Lipinski definition) is 2. The molecule has 0 saturated carbocycles. The number of aliphatic hydroxyl groups excluding tert-OH is 1. The van der Waals surface area contributed by atoms with Crippen LogP contribution in [0.5, 0.6) is 0 Å². The second-order valence-corrected chi connectivity index (χ2v) is 8.33. The highest BCUT2D eigenvalue weighted by atomic mass is 19.4. The number of halogens is 3. The standard InChI is InChI=1S/C27H21F3N4O2/c1-16-9-10-22(17(2)11-16)25(35)19-6-4-7-20(13-19)32-26(36)23-14-24(27(28,29)30)33-34(23)21-8-3-5-18(12-21)15-31/h3-14,25,35H,1-2H3,(H,32,36). The predicted molar refractivity (Wildman–Crippen MR) is 128 cm³/mol. The summed E-state index contributed by atoms with van der Waals surface area (Å²) in [5.74, 6) is -0.835. The molecule has 182 valence electrons. The highest BCUT2D eigenvalue weighted by Gasteiger charge is 2.36. The van der Waals surface area contributed by atoms with Crippen molar-refractivity contribution in [2.75, 3.05) is 5.32 Å². The number of aryl methyl sites for hydroxylation is 2. The molecular formula is C27H21F3N4O2. The van der Waals surface area contributed by atoms with Crippen LogP contribution in [0.1, 0.15) is 50.1 Å². The normalized spacial score (nSPS) is 12.1. The molecule has 1 heterocycles. The molecule has 1 amide bonds. The molecule has 9 heteroatoms. The van der Waals surface area contributed by atoms with Gasteiger partial charge in [-0.2, -0.15) is 23.5 Å². The fourth-order valence-electron chi connectivity index (χ4n) is 3.88. The van der Waals surface area contributed by atoms with Gasteiger partial charge in [-0.05, 0) is 60.9 Å². The number of hydrogen-bond acceptors (Lipinski definition) is 4. The third-order valence-electron chi connectivity index (χ3n) is 5.63. The van der Waals surface area contributed by atoms with E-state index >= 15 is 0 Å². The summed E-state index contributed by atoms with van der Waals surface area (Å²) < 4.78 is 41.1. The van der Waals surface area contributed by atoms with Gasteiger partial charge in [0.2, 0.25) is 0 Å². The van der Waals surface area contributed by atoms with Gasteiger partial charge in [0.15, 0.2) is 5.69 Å². The van der Waals surface area contributed by atoms with Gasteiger partial charge in [-0.1, -0.05) is 42.0 Å². The molecule has 1 atom stereocenters. The minimum atomic E-state index is -4.77. The summed E-state index contributed by atoms with van der Waals surface area (Å²) in [6.45, 7) is 3.84. The van der Waals surface area contributed by atoms with Crippen molar-refractivity contribution in [3.63, 3.8) is 0 Å². The number of nitriles is 1. The van der Waals surface area contributed by atoms with E-state index in [2.05, 4.69) is 10.4 Å². The second-order valence-electron chi connectivity index (χ2n) is 8.33. The average molecular weight is 490 g/mol. The van der Waals surface area contributed by atoms with Crippen LogP contribution < -0.4 is 5.32 Å². The van der Waals surface area contributed by atoms with Gasteiger partial charge in [0.25, 0.3) is 5.91 Å². The Hall–Kier alpha value is -4.42. The smallest absolute Gasteiger partial charge is 0.384 e. The zero-order valence-electron chi connectivity index (χ0n) is 19.3. The van der Waals surface area contributed by atoms with Crippen LogP contribution in [0, 0.1) is 25.2 Å². The molecule has 0 spiro atoms. The fourth-order valence-corrected chi connectivity index (χ4v) is 3.88. The van der Waals surface area contributed by atoms with E-state index in [0.717, 1.165) is 15.8 Å². The Balaban J connectivity index is 1.67. The number of anilines is 1. The quantitative estimate of drug-likeness (QED) is 0.375. The van der Waals surface area contributed by atoms with Gasteiger partial charge >= 0.3 is 6.18 Å². The van der Waals surface area contributed by atoms with Gasteiger partial charge in [0.05, 0.1) is 17.3 Å². The van der Waals surface area contributed by atoms with Crippen molar-refractivity contribution in [3.05, 3.63) is 112 Å². The molecule has 4 aromatic rings. The van der Waals surface area contributed by atoms with Crippen LogP contribution in [-0.2, 0) is 6.18 Å². The lowest BCUT2D eigenvalue weighted by atomic mass is 9.96. The lowest BCUT2D eigenvalue weighted by Crippen LogP contribution is -2.17. The summed E-state index contributed by atoms with van der Waals surface area (Å²) in [6, 6.07) is 20.4. The molecule has 36 heavy (non-hydrogen) atoms. The minimum Gasteiger partial charge on any atom is -0.384 e. The first-order chi connectivity index (χ1) is 17.1. The summed E-state index contributed by atoms with van der Waals surface area (Å²) in [7, 11) is 0. The van der Waals surface area contributed by atoms with Crippen molar-refractivity contribution in [1.82, 2.24) is 9.78 Å². The van der Waals surface area contributed by atoms with Gasteiger partial charge in [-0.15, -0.1) is 0 Å². The maximum Gasteiger partial charge on any atom is 0.435 e. The SMILES string of the molecule is Cc1ccc(C(O)c2cccc(NC(=O)c3cc(C(F)(F)F)nn3-c3cccc(C#N)c3)c2)c(C)c1. The molecule has 0 bridgehead atoms. The Bertz CT molecular complexity index is 1490. The summed E-state index contributed by atoms with van der Waals surface area (Å²) in [6.07, 6.45) is -5.73. The monoisotopic (exact) mass is 490 g/mol. The van der Waals surface area contributed by atoms with E-state index in [1.54, 1.807) is 24.3 Å². The van der Waals surface area contributed by atoms with E-state index in [4.69, 9.17) is 5.26 Å². The highest BCUT2D eigenvalue weighted by molar-refractivity contribution is 6.03. The van der Waals surface area contributed by atoms with Crippen molar-refractivity contribution < 1.29 is 23.1 Å². The summed E-state index contributed by atoms with van der Waals surface area (Å²) in [4.78, 5) is 13.1. The van der Waals surface area contributed by atoms with Crippen molar-refractivity contribution in [2.24, 2.45) is 0 Å². The Labute approximate surface area is 205 Å². The zero-order chi connectivity index (χ0) is 26.0. The Morgan fingerprint density at radius 1 is 1.06 bits per heavy atom. The summed E-state index contributed by atoms with van der Waals surface area (Å²) in [5, 5.41) is 26.2. The van der Waals surface area contributed by atoms with Crippen molar-refractivity contribution in [2.45, 2.75) is 26.1 Å². The number of carbonyl (C=O) groups excluding carboxylic acids is 1. The van der Waals surface area contributed by atoms with E-state index in [1.807, 2.05) is 38.1 Å². The van der Waals surface area contributed by atoms with E-state index in [1.165, 1.54) is 24.3 Å². The molecule has 0 fully saturated rings. The van der Waals surface area contributed by atoms with Crippen LogP contribution in [0.15, 0.2) is 72.8 Å². The molecule has 0 aliphatic heterocycles. The van der Waals surface area contributed by atoms with Crippen LogP contribution in [0.4, 0.5) is 18.9 Å². The number of rotatable bonds is 5. The second kappa shape index (κ2) is 9.68. The lowest BCUT2D eigenvalue weighted by Gasteiger charge is -2.16. The third kappa shape index (κ3) is 5.14. The van der Waals surface area contributed by atoms with Crippen LogP contribution in [-0.4, -0.2) is 20.8 Å². The van der Waals surface area contributed by atoms with E-state index in [0.29, 0.717) is 17.2 Å². The van der Waals surface area contributed by atoms with Gasteiger partial charge < -0.3 is 10.4 Å². The first-order valence-corrected chi connectivity index (χ1v) is 10.9. The maximum absolute atomic E-state index is 13.4. The molecule has 1 aromatic heterocycles. The van der Waals surface area contributed by atoms with Crippen molar-refractivity contribution in [1.29, 1.82) is 5.26 Å². The molecule has 1 unspecified atom stereocenters. The minimum absolute atomic E-state index is 0.133. The van der Waals surface area contributed by atoms with Gasteiger partial charge in [-0.3, -0.25) is 4.79 Å². The molecule has 0 radical (unpaired) electrons. The molecule has 2 N–H and O–H groups in total. The molecular weight excluding hydrogens is 469 g/mol. The Morgan fingerprint density at radius 2 is 1.81 bits per heavy atom. The molecule has 0 aliphatic rings. The van der Waals surface area contributed by atoms with Gasteiger partial charge in [0, 0.05) is 11.8 Å². The highest BCUT2D eigenvalue weighted by Crippen LogP contribution is 2.31. The van der Waals surface area contributed by atoms with Gasteiger partial charge in [0.1, 0.15) is 11.8 Å². The van der Waals surface area contributed by atoms with Gasteiger partial charge in [-0.25, -0.2) is 4.68 Å². The lowest BCUT2D eigenvalue weighted by molar-refractivity contribution is -0.141. The fraction of sp³-hybridized carbons (Fsp3) is 0.148. The molecule has 4 rings (SSSR count). The topological polar surface area (TPSA) is 90.9 Å². The van der Waals surface area contributed by atoms with Crippen LogP contribution >= 0.6 is 0 Å². The Morgan fingerprint density at radius 3 is 2.50 bits per heavy atom. The van der Waals surface area contributed by atoms with E-state index < -0.39 is 23.9 Å². The third-order valence-corrected chi connectivity index (χ3v) is 5.63. The average Bonchev–Trinajstić information content (AvgIpc) is 3.30. The zero-order valence-corrected chi connectivity index (χ0v) is 19.3. The number of amides is 1. The largest absolute Gasteiger partial charge is 0.435 e. The maximum atomic E-state index is 13.4.